The van der Waals surface area contributed by atoms with Crippen LogP contribution in [0.25, 0.3) is 5.95 Å². The number of halogens is 1. The maximum absolute atomic E-state index is 10.9. The second-order valence-corrected chi connectivity index (χ2v) is 4.25. The van der Waals surface area contributed by atoms with Gasteiger partial charge in [0.05, 0.1) is 27.7 Å². The van der Waals surface area contributed by atoms with Gasteiger partial charge in [0.2, 0.25) is 0 Å². The van der Waals surface area contributed by atoms with Gasteiger partial charge in [-0.3, -0.25) is 0 Å². The number of carbonyl (C=O) groups is 1. The van der Waals surface area contributed by atoms with Crippen LogP contribution in [0.3, 0.4) is 0 Å². The summed E-state index contributed by atoms with van der Waals surface area (Å²) in [5.41, 5.74) is 1.86. The molecule has 2 aromatic rings. The second-order valence-electron chi connectivity index (χ2n) is 3.87. The topological polar surface area (TPSA) is 80.9 Å². The predicted octanol–water partition coefficient (Wildman–Crippen LogP) is 1.94. The molecule has 1 N–H and O–H groups in total. The fraction of sp³-hybridized carbons (Fsp3) is 0.273. The maximum atomic E-state index is 10.9. The molecule has 2 rings (SSSR count). The van der Waals surface area contributed by atoms with Crippen molar-refractivity contribution < 1.29 is 9.90 Å². The minimum atomic E-state index is -1.05. The third-order valence-corrected chi connectivity index (χ3v) is 3.14. The zero-order valence-corrected chi connectivity index (χ0v) is 10.9. The van der Waals surface area contributed by atoms with E-state index in [0.717, 1.165) is 5.69 Å². The molecule has 0 aliphatic heterocycles. The standard InChI is InChI=1S/C11H11ClN4O2/c1-5-8(10(17)18)4-13-11(14-5)16-7(3)9(12)6(2)15-16/h4H,1-3H3,(H,17,18). The van der Waals surface area contributed by atoms with Crippen molar-refractivity contribution in [2.75, 3.05) is 0 Å². The number of carboxylic acids is 1. The van der Waals surface area contributed by atoms with Crippen LogP contribution in [0.5, 0.6) is 0 Å². The molecule has 0 unspecified atom stereocenters. The van der Waals surface area contributed by atoms with Crippen LogP contribution in [0.1, 0.15) is 27.4 Å². The highest BCUT2D eigenvalue weighted by molar-refractivity contribution is 6.31. The minimum absolute atomic E-state index is 0.0754. The lowest BCUT2D eigenvalue weighted by Crippen LogP contribution is -2.10. The first kappa shape index (κ1) is 12.5. The van der Waals surface area contributed by atoms with E-state index < -0.39 is 5.97 Å². The Morgan fingerprint density at radius 3 is 2.44 bits per heavy atom. The molecule has 6 nitrogen and oxygen atoms in total. The Morgan fingerprint density at radius 1 is 1.33 bits per heavy atom. The fourth-order valence-corrected chi connectivity index (χ4v) is 1.70. The summed E-state index contributed by atoms with van der Waals surface area (Å²) >= 11 is 6.04. The average molecular weight is 267 g/mol. The van der Waals surface area contributed by atoms with E-state index in [-0.39, 0.29) is 5.56 Å². The molecule has 0 saturated carbocycles. The van der Waals surface area contributed by atoms with Crippen LogP contribution in [-0.2, 0) is 0 Å². The van der Waals surface area contributed by atoms with Gasteiger partial charge in [-0.05, 0) is 20.8 Å². The highest BCUT2D eigenvalue weighted by Crippen LogP contribution is 2.21. The van der Waals surface area contributed by atoms with Gasteiger partial charge in [-0.15, -0.1) is 0 Å². The van der Waals surface area contributed by atoms with E-state index >= 15 is 0 Å². The lowest BCUT2D eigenvalue weighted by molar-refractivity contribution is 0.0695. The largest absolute Gasteiger partial charge is 0.478 e. The van der Waals surface area contributed by atoms with Gasteiger partial charge in [-0.2, -0.15) is 5.10 Å². The van der Waals surface area contributed by atoms with Crippen LogP contribution < -0.4 is 0 Å². The summed E-state index contributed by atoms with van der Waals surface area (Å²) in [6.07, 6.45) is 1.27. The molecule has 0 amide bonds. The van der Waals surface area contributed by atoms with Crippen molar-refractivity contribution in [3.8, 4) is 5.95 Å². The van der Waals surface area contributed by atoms with Gasteiger partial charge in [0.1, 0.15) is 0 Å². The Kier molecular flexibility index (Phi) is 3.04. The SMILES string of the molecule is Cc1nc(-n2nc(C)c(Cl)c2C)ncc1C(=O)O. The molecule has 7 heteroatoms. The second kappa shape index (κ2) is 4.38. The quantitative estimate of drug-likeness (QED) is 0.898. The average Bonchev–Trinajstić information content (AvgIpc) is 2.56. The highest BCUT2D eigenvalue weighted by atomic mass is 35.5. The third-order valence-electron chi connectivity index (χ3n) is 2.59. The van der Waals surface area contributed by atoms with Crippen molar-refractivity contribution in [3.63, 3.8) is 0 Å². The minimum Gasteiger partial charge on any atom is -0.478 e. The Bertz CT molecular complexity index is 636. The molecule has 2 aromatic heterocycles. The van der Waals surface area contributed by atoms with Crippen molar-refractivity contribution in [1.82, 2.24) is 19.7 Å². The number of aromatic nitrogens is 4. The maximum Gasteiger partial charge on any atom is 0.339 e. The number of aromatic carboxylic acids is 1. The molecule has 94 valence electrons. The Hall–Kier alpha value is -1.95. The van der Waals surface area contributed by atoms with Gasteiger partial charge in [0, 0.05) is 6.20 Å². The van der Waals surface area contributed by atoms with Crippen molar-refractivity contribution >= 4 is 17.6 Å². The first-order valence-corrected chi connectivity index (χ1v) is 5.58. The first-order chi connectivity index (χ1) is 8.41. The molecule has 0 aromatic carbocycles. The molecular formula is C11H11ClN4O2. The summed E-state index contributed by atoms with van der Waals surface area (Å²) in [6.45, 7) is 5.19. The van der Waals surface area contributed by atoms with Crippen molar-refractivity contribution in [1.29, 1.82) is 0 Å². The summed E-state index contributed by atoms with van der Waals surface area (Å²) < 4.78 is 1.50. The Morgan fingerprint density at radius 2 is 2.00 bits per heavy atom. The first-order valence-electron chi connectivity index (χ1n) is 5.21. The number of carboxylic acid groups (broad SMARTS) is 1. The zero-order valence-electron chi connectivity index (χ0n) is 10.1. The normalized spacial score (nSPS) is 10.7. The van der Waals surface area contributed by atoms with Crippen LogP contribution in [0.15, 0.2) is 6.20 Å². The predicted molar refractivity (Wildman–Crippen MR) is 65.3 cm³/mol. The van der Waals surface area contributed by atoms with E-state index in [2.05, 4.69) is 15.1 Å². The molecule has 0 radical (unpaired) electrons. The van der Waals surface area contributed by atoms with Gasteiger partial charge in [0.25, 0.3) is 5.95 Å². The molecular weight excluding hydrogens is 256 g/mol. The molecule has 0 aliphatic carbocycles. The van der Waals surface area contributed by atoms with Gasteiger partial charge < -0.3 is 5.11 Å². The molecule has 0 fully saturated rings. The Balaban J connectivity index is 2.55. The van der Waals surface area contributed by atoms with Crippen LogP contribution in [-0.4, -0.2) is 30.8 Å². The Labute approximate surface area is 108 Å². The smallest absolute Gasteiger partial charge is 0.339 e. The molecule has 0 spiro atoms. The van der Waals surface area contributed by atoms with Crippen molar-refractivity contribution in [2.45, 2.75) is 20.8 Å². The van der Waals surface area contributed by atoms with E-state index in [1.807, 2.05) is 0 Å². The van der Waals surface area contributed by atoms with E-state index in [4.69, 9.17) is 16.7 Å². The lowest BCUT2D eigenvalue weighted by Gasteiger charge is -2.05. The summed E-state index contributed by atoms with van der Waals surface area (Å²) in [5.74, 6) is -0.740. The van der Waals surface area contributed by atoms with E-state index in [1.54, 1.807) is 20.8 Å². The molecule has 0 saturated heterocycles. The van der Waals surface area contributed by atoms with Crippen LogP contribution in [0.2, 0.25) is 5.02 Å². The fourth-order valence-electron chi connectivity index (χ4n) is 1.59. The molecule has 0 aliphatic rings. The van der Waals surface area contributed by atoms with Crippen LogP contribution in [0.4, 0.5) is 0 Å². The van der Waals surface area contributed by atoms with Crippen LogP contribution in [0, 0.1) is 20.8 Å². The van der Waals surface area contributed by atoms with Gasteiger partial charge in [-0.1, -0.05) is 11.6 Å². The molecule has 0 bridgehead atoms. The molecule has 18 heavy (non-hydrogen) atoms. The molecule has 2 heterocycles. The van der Waals surface area contributed by atoms with E-state index in [0.29, 0.717) is 22.4 Å². The van der Waals surface area contributed by atoms with Gasteiger partial charge in [0.15, 0.2) is 0 Å². The van der Waals surface area contributed by atoms with Crippen molar-refractivity contribution in [2.24, 2.45) is 0 Å². The van der Waals surface area contributed by atoms with Gasteiger partial charge in [-0.25, -0.2) is 19.4 Å². The number of nitrogens with zero attached hydrogens (tertiary/aromatic N) is 4. The summed E-state index contributed by atoms with van der Waals surface area (Å²) in [4.78, 5) is 19.0. The summed E-state index contributed by atoms with van der Waals surface area (Å²) in [5, 5.41) is 13.7. The van der Waals surface area contributed by atoms with E-state index in [9.17, 15) is 4.79 Å². The monoisotopic (exact) mass is 266 g/mol. The third kappa shape index (κ3) is 1.95. The number of rotatable bonds is 2. The lowest BCUT2D eigenvalue weighted by atomic mass is 10.2. The molecule has 0 atom stereocenters. The summed E-state index contributed by atoms with van der Waals surface area (Å²) in [6, 6.07) is 0. The number of hydrogen-bond donors (Lipinski definition) is 1. The number of aryl methyl sites for hydroxylation is 2. The highest BCUT2D eigenvalue weighted by Gasteiger charge is 2.15. The van der Waals surface area contributed by atoms with Crippen LogP contribution >= 0.6 is 11.6 Å². The summed E-state index contributed by atoms with van der Waals surface area (Å²) in [7, 11) is 0. The number of hydrogen-bond acceptors (Lipinski definition) is 4. The van der Waals surface area contributed by atoms with Gasteiger partial charge >= 0.3 is 5.97 Å². The zero-order chi connectivity index (χ0) is 13.4. The van der Waals surface area contributed by atoms with Crippen molar-refractivity contribution in [3.05, 3.63) is 33.9 Å². The van der Waals surface area contributed by atoms with E-state index in [1.165, 1.54) is 10.9 Å².